The lowest BCUT2D eigenvalue weighted by Crippen LogP contribution is -2.28. The van der Waals surface area contributed by atoms with Gasteiger partial charge in [-0.25, -0.2) is 15.3 Å². The van der Waals surface area contributed by atoms with Crippen LogP contribution in [-0.2, 0) is 11.2 Å². The quantitative estimate of drug-likeness (QED) is 0.348. The topological polar surface area (TPSA) is 176 Å². The molecule has 23 heavy (non-hydrogen) atoms. The SMILES string of the molecule is O=C(CCc1n[nH]c(=O)[nH]c1=O)N/N=C/c1ccc([N+](=O)[O-])o1. The summed E-state index contributed by atoms with van der Waals surface area (Å²) in [5.41, 5.74) is 0.755. The lowest BCUT2D eigenvalue weighted by Gasteiger charge is -1.98. The van der Waals surface area contributed by atoms with Gasteiger partial charge < -0.3 is 4.42 Å². The van der Waals surface area contributed by atoms with E-state index >= 15 is 0 Å². The molecule has 120 valence electrons. The number of hydrogen-bond donors (Lipinski definition) is 3. The Kier molecular flexibility index (Phi) is 4.76. The van der Waals surface area contributed by atoms with E-state index in [0.29, 0.717) is 0 Å². The maximum Gasteiger partial charge on any atom is 0.433 e. The summed E-state index contributed by atoms with van der Waals surface area (Å²) >= 11 is 0. The number of aromatic nitrogens is 3. The van der Waals surface area contributed by atoms with Crippen molar-refractivity contribution in [1.82, 2.24) is 20.6 Å². The van der Waals surface area contributed by atoms with Crippen LogP contribution < -0.4 is 16.7 Å². The highest BCUT2D eigenvalue weighted by atomic mass is 16.6. The highest BCUT2D eigenvalue weighted by Gasteiger charge is 2.10. The monoisotopic (exact) mass is 322 g/mol. The first kappa shape index (κ1) is 15.8. The summed E-state index contributed by atoms with van der Waals surface area (Å²) < 4.78 is 4.79. The summed E-state index contributed by atoms with van der Waals surface area (Å²) in [4.78, 5) is 45.3. The smallest absolute Gasteiger partial charge is 0.400 e. The first-order valence-electron chi connectivity index (χ1n) is 6.19. The molecule has 2 aromatic heterocycles. The van der Waals surface area contributed by atoms with Crippen molar-refractivity contribution in [3.8, 4) is 0 Å². The summed E-state index contributed by atoms with van der Waals surface area (Å²) in [6, 6.07) is 2.47. The van der Waals surface area contributed by atoms with Crippen molar-refractivity contribution in [3.05, 3.63) is 54.5 Å². The van der Waals surface area contributed by atoms with Gasteiger partial charge in [0.2, 0.25) is 5.91 Å². The summed E-state index contributed by atoms with van der Waals surface area (Å²) in [6.45, 7) is 0. The van der Waals surface area contributed by atoms with Crippen LogP contribution in [-0.4, -0.2) is 32.2 Å². The van der Waals surface area contributed by atoms with E-state index in [1.54, 1.807) is 0 Å². The average Bonchev–Trinajstić information content (AvgIpc) is 2.95. The van der Waals surface area contributed by atoms with Gasteiger partial charge in [-0.3, -0.25) is 24.7 Å². The van der Waals surface area contributed by atoms with Gasteiger partial charge in [0.15, 0.2) is 5.76 Å². The van der Waals surface area contributed by atoms with Crippen molar-refractivity contribution in [2.75, 3.05) is 0 Å². The summed E-state index contributed by atoms with van der Waals surface area (Å²) in [7, 11) is 0. The van der Waals surface area contributed by atoms with Crippen LogP contribution in [0, 0.1) is 10.1 Å². The van der Waals surface area contributed by atoms with Crippen LogP contribution >= 0.6 is 0 Å². The van der Waals surface area contributed by atoms with Crippen LogP contribution in [0.3, 0.4) is 0 Å². The van der Waals surface area contributed by atoms with Crippen molar-refractivity contribution in [3.63, 3.8) is 0 Å². The number of hydrogen-bond acceptors (Lipinski definition) is 8. The third-order valence-electron chi connectivity index (χ3n) is 2.54. The van der Waals surface area contributed by atoms with Crippen molar-refractivity contribution in [2.45, 2.75) is 12.8 Å². The van der Waals surface area contributed by atoms with Gasteiger partial charge in [-0.05, 0) is 6.07 Å². The maximum absolute atomic E-state index is 11.5. The van der Waals surface area contributed by atoms with E-state index in [-0.39, 0.29) is 24.3 Å². The fraction of sp³-hybridized carbons (Fsp3) is 0.182. The number of carbonyl (C=O) groups excluding carboxylic acids is 1. The molecule has 0 saturated carbocycles. The Labute approximate surface area is 126 Å². The fourth-order valence-corrected chi connectivity index (χ4v) is 1.51. The summed E-state index contributed by atoms with van der Waals surface area (Å²) in [5.74, 6) is -0.869. The number of aryl methyl sites for hydroxylation is 1. The largest absolute Gasteiger partial charge is 0.433 e. The van der Waals surface area contributed by atoms with Gasteiger partial charge in [0, 0.05) is 12.8 Å². The van der Waals surface area contributed by atoms with Crippen molar-refractivity contribution in [1.29, 1.82) is 0 Å². The Hall–Kier alpha value is -3.57. The molecule has 2 rings (SSSR count). The molecule has 12 nitrogen and oxygen atoms in total. The normalized spacial score (nSPS) is 10.8. The van der Waals surface area contributed by atoms with E-state index in [9.17, 15) is 24.5 Å². The van der Waals surface area contributed by atoms with Crippen molar-refractivity contribution < 1.29 is 14.1 Å². The molecule has 0 aliphatic heterocycles. The molecule has 0 radical (unpaired) electrons. The minimum absolute atomic E-state index is 0.000307. The molecule has 2 aromatic rings. The van der Waals surface area contributed by atoms with Crippen LogP contribution in [0.2, 0.25) is 0 Å². The van der Waals surface area contributed by atoms with Gasteiger partial charge in [0.05, 0.1) is 12.3 Å². The van der Waals surface area contributed by atoms with E-state index in [4.69, 9.17) is 4.42 Å². The predicted molar refractivity (Wildman–Crippen MR) is 74.9 cm³/mol. The molecular formula is C11H10N6O6. The van der Waals surface area contributed by atoms with E-state index in [2.05, 4.69) is 20.7 Å². The van der Waals surface area contributed by atoms with E-state index in [0.717, 1.165) is 12.3 Å². The molecule has 0 unspecified atom stereocenters. The van der Waals surface area contributed by atoms with Crippen LogP contribution in [0.5, 0.6) is 0 Å². The molecule has 0 spiro atoms. The van der Waals surface area contributed by atoms with Crippen LogP contribution in [0.1, 0.15) is 17.9 Å². The number of nitrogens with one attached hydrogen (secondary N) is 3. The first-order valence-corrected chi connectivity index (χ1v) is 6.19. The summed E-state index contributed by atoms with van der Waals surface area (Å²) in [5, 5.41) is 19.5. The molecule has 0 saturated heterocycles. The lowest BCUT2D eigenvalue weighted by molar-refractivity contribution is -0.402. The summed E-state index contributed by atoms with van der Waals surface area (Å²) in [6.07, 6.45) is 0.993. The van der Waals surface area contributed by atoms with Gasteiger partial charge >= 0.3 is 11.6 Å². The number of carbonyl (C=O) groups is 1. The standard InChI is InChI=1S/C11H10N6O6/c18-8(3-2-7-10(19)13-11(20)16-14-7)15-12-5-6-1-4-9(23-6)17(21)22/h1,4-5H,2-3H2,(H,15,18)(H2,13,16,19,20)/b12-5+. The van der Waals surface area contributed by atoms with E-state index in [1.165, 1.54) is 6.07 Å². The van der Waals surface area contributed by atoms with Gasteiger partial charge in [0.1, 0.15) is 10.6 Å². The van der Waals surface area contributed by atoms with Gasteiger partial charge in [-0.15, -0.1) is 0 Å². The molecule has 0 aliphatic carbocycles. The predicted octanol–water partition coefficient (Wildman–Crippen LogP) is -0.958. The highest BCUT2D eigenvalue weighted by molar-refractivity contribution is 5.80. The molecule has 3 N–H and O–H groups in total. The molecule has 0 bridgehead atoms. The zero-order valence-electron chi connectivity index (χ0n) is 11.4. The number of nitrogens with zero attached hydrogens (tertiary/aromatic N) is 3. The highest BCUT2D eigenvalue weighted by Crippen LogP contribution is 2.13. The number of amides is 1. The molecule has 0 aliphatic rings. The molecule has 12 heteroatoms. The van der Waals surface area contributed by atoms with Crippen molar-refractivity contribution >= 4 is 18.0 Å². The van der Waals surface area contributed by atoms with Crippen molar-refractivity contribution in [2.24, 2.45) is 5.10 Å². The third-order valence-corrected chi connectivity index (χ3v) is 2.54. The first-order chi connectivity index (χ1) is 11.0. The zero-order valence-corrected chi connectivity index (χ0v) is 11.4. The lowest BCUT2D eigenvalue weighted by atomic mass is 10.2. The Balaban J connectivity index is 1.84. The second-order valence-electron chi connectivity index (χ2n) is 4.18. The van der Waals surface area contributed by atoms with Gasteiger partial charge in [0.25, 0.3) is 5.56 Å². The second-order valence-corrected chi connectivity index (χ2v) is 4.18. The molecule has 1 amide bonds. The molecule has 0 atom stereocenters. The number of H-pyrrole nitrogens is 2. The Bertz CT molecular complexity index is 862. The Morgan fingerprint density at radius 3 is 2.91 bits per heavy atom. The average molecular weight is 322 g/mol. The van der Waals surface area contributed by atoms with Crippen LogP contribution in [0.4, 0.5) is 5.88 Å². The molecule has 0 aromatic carbocycles. The third kappa shape index (κ3) is 4.45. The molecular weight excluding hydrogens is 312 g/mol. The zero-order chi connectivity index (χ0) is 16.8. The Morgan fingerprint density at radius 1 is 1.48 bits per heavy atom. The Morgan fingerprint density at radius 2 is 2.26 bits per heavy atom. The number of aromatic amines is 2. The molecule has 0 fully saturated rings. The van der Waals surface area contributed by atoms with Crippen LogP contribution in [0.15, 0.2) is 31.2 Å². The fourth-order valence-electron chi connectivity index (χ4n) is 1.51. The van der Waals surface area contributed by atoms with Gasteiger partial charge in [-0.1, -0.05) is 0 Å². The minimum atomic E-state index is -0.736. The number of nitro groups is 1. The maximum atomic E-state index is 11.5. The second kappa shape index (κ2) is 6.93. The van der Waals surface area contributed by atoms with E-state index in [1.807, 2.05) is 4.98 Å². The van der Waals surface area contributed by atoms with Crippen LogP contribution in [0.25, 0.3) is 0 Å². The minimum Gasteiger partial charge on any atom is -0.400 e. The van der Waals surface area contributed by atoms with Gasteiger partial charge in [-0.2, -0.15) is 10.2 Å². The number of furan rings is 1. The van der Waals surface area contributed by atoms with E-state index < -0.39 is 28.0 Å². The molecule has 2 heterocycles. The number of rotatable bonds is 6. The number of hydrazone groups is 1.